The van der Waals surface area contributed by atoms with Crippen molar-refractivity contribution in [1.29, 1.82) is 0 Å². The number of aromatic nitrogens is 2. The Morgan fingerprint density at radius 3 is 2.69 bits per heavy atom. The van der Waals surface area contributed by atoms with Gasteiger partial charge in [-0.1, -0.05) is 49.3 Å². The molecule has 0 atom stereocenters. The fourth-order valence-electron chi connectivity index (χ4n) is 1.29. The molecule has 2 aromatic rings. The van der Waals surface area contributed by atoms with E-state index in [4.69, 9.17) is 4.52 Å². The molecule has 1 aromatic carbocycles. The Hall–Kier alpha value is -1.84. The third kappa shape index (κ3) is 2.59. The maximum absolute atomic E-state index is 5.10. The van der Waals surface area contributed by atoms with Gasteiger partial charge in [-0.15, -0.1) is 0 Å². The standard InChI is InChI=1S/C12H15N3O/c1-9(2)8-13-12-14-11(15-16-12)10-6-4-3-5-7-10/h3-7,9H,8H2,1-2H3,(H,13,14,15). The number of nitrogens with one attached hydrogen (secondary N) is 1. The normalized spacial score (nSPS) is 10.7. The molecule has 16 heavy (non-hydrogen) atoms. The van der Waals surface area contributed by atoms with Crippen molar-refractivity contribution in [3.63, 3.8) is 0 Å². The molecule has 0 saturated heterocycles. The number of rotatable bonds is 4. The maximum atomic E-state index is 5.10. The lowest BCUT2D eigenvalue weighted by Gasteiger charge is -2.02. The second kappa shape index (κ2) is 4.79. The number of anilines is 1. The summed E-state index contributed by atoms with van der Waals surface area (Å²) in [6, 6.07) is 10.3. The SMILES string of the molecule is CC(C)CNc1nc(-c2ccccc2)no1. The van der Waals surface area contributed by atoms with Crippen LogP contribution in [0.4, 0.5) is 6.01 Å². The topological polar surface area (TPSA) is 51.0 Å². The third-order valence-corrected chi connectivity index (χ3v) is 2.12. The van der Waals surface area contributed by atoms with Crippen LogP contribution >= 0.6 is 0 Å². The van der Waals surface area contributed by atoms with E-state index in [1.807, 2.05) is 30.3 Å². The molecule has 1 aromatic heterocycles. The summed E-state index contributed by atoms with van der Waals surface area (Å²) in [4.78, 5) is 4.26. The van der Waals surface area contributed by atoms with E-state index in [2.05, 4.69) is 29.3 Å². The van der Waals surface area contributed by atoms with Crippen molar-refractivity contribution < 1.29 is 4.52 Å². The van der Waals surface area contributed by atoms with Crippen LogP contribution in [-0.4, -0.2) is 16.7 Å². The highest BCUT2D eigenvalue weighted by atomic mass is 16.5. The number of hydrogen-bond donors (Lipinski definition) is 1. The number of nitrogens with zero attached hydrogens (tertiary/aromatic N) is 2. The predicted molar refractivity (Wildman–Crippen MR) is 63.1 cm³/mol. The van der Waals surface area contributed by atoms with Crippen LogP contribution < -0.4 is 5.32 Å². The van der Waals surface area contributed by atoms with Gasteiger partial charge in [0.05, 0.1) is 0 Å². The van der Waals surface area contributed by atoms with Crippen LogP contribution in [0.3, 0.4) is 0 Å². The lowest BCUT2D eigenvalue weighted by atomic mass is 10.2. The molecule has 0 aliphatic heterocycles. The highest BCUT2D eigenvalue weighted by Crippen LogP contribution is 2.16. The van der Waals surface area contributed by atoms with Gasteiger partial charge in [-0.05, 0) is 5.92 Å². The fourth-order valence-corrected chi connectivity index (χ4v) is 1.29. The van der Waals surface area contributed by atoms with Crippen LogP contribution in [0.5, 0.6) is 0 Å². The highest BCUT2D eigenvalue weighted by molar-refractivity contribution is 5.54. The third-order valence-electron chi connectivity index (χ3n) is 2.12. The Kier molecular flexibility index (Phi) is 3.19. The zero-order chi connectivity index (χ0) is 11.4. The molecule has 84 valence electrons. The van der Waals surface area contributed by atoms with Gasteiger partial charge in [0.2, 0.25) is 5.82 Å². The summed E-state index contributed by atoms with van der Waals surface area (Å²) in [7, 11) is 0. The molecule has 0 amide bonds. The van der Waals surface area contributed by atoms with Gasteiger partial charge in [-0.2, -0.15) is 4.98 Å². The minimum absolute atomic E-state index is 0.479. The van der Waals surface area contributed by atoms with Crippen molar-refractivity contribution in [3.8, 4) is 11.4 Å². The summed E-state index contributed by atoms with van der Waals surface area (Å²) < 4.78 is 5.10. The van der Waals surface area contributed by atoms with Crippen molar-refractivity contribution >= 4 is 6.01 Å². The molecule has 4 nitrogen and oxygen atoms in total. The molecular weight excluding hydrogens is 202 g/mol. The number of benzene rings is 1. The lowest BCUT2D eigenvalue weighted by Crippen LogP contribution is -2.07. The lowest BCUT2D eigenvalue weighted by molar-refractivity contribution is 0.430. The Morgan fingerprint density at radius 2 is 2.00 bits per heavy atom. The summed E-state index contributed by atoms with van der Waals surface area (Å²) in [5.41, 5.74) is 0.962. The summed E-state index contributed by atoms with van der Waals surface area (Å²) in [6.07, 6.45) is 0. The first-order valence-electron chi connectivity index (χ1n) is 5.38. The summed E-state index contributed by atoms with van der Waals surface area (Å²) in [5.74, 6) is 1.17. The van der Waals surface area contributed by atoms with Gasteiger partial charge < -0.3 is 9.84 Å². The second-order valence-corrected chi connectivity index (χ2v) is 4.06. The molecule has 0 spiro atoms. The van der Waals surface area contributed by atoms with Crippen LogP contribution in [0.1, 0.15) is 13.8 Å². The fraction of sp³-hybridized carbons (Fsp3) is 0.333. The van der Waals surface area contributed by atoms with E-state index in [0.29, 0.717) is 17.8 Å². The first-order chi connectivity index (χ1) is 7.75. The van der Waals surface area contributed by atoms with Gasteiger partial charge in [0.15, 0.2) is 0 Å². The Labute approximate surface area is 94.7 Å². The van der Waals surface area contributed by atoms with Crippen molar-refractivity contribution in [2.75, 3.05) is 11.9 Å². The van der Waals surface area contributed by atoms with E-state index >= 15 is 0 Å². The van der Waals surface area contributed by atoms with Crippen LogP contribution in [0, 0.1) is 5.92 Å². The molecule has 0 fully saturated rings. The molecule has 2 rings (SSSR count). The zero-order valence-electron chi connectivity index (χ0n) is 9.47. The van der Waals surface area contributed by atoms with Gasteiger partial charge in [-0.25, -0.2) is 0 Å². The average molecular weight is 217 g/mol. The average Bonchev–Trinajstić information content (AvgIpc) is 2.76. The maximum Gasteiger partial charge on any atom is 0.321 e. The summed E-state index contributed by atoms with van der Waals surface area (Å²) in [6.45, 7) is 5.08. The van der Waals surface area contributed by atoms with Crippen LogP contribution in [0.25, 0.3) is 11.4 Å². The zero-order valence-corrected chi connectivity index (χ0v) is 9.47. The summed E-state index contributed by atoms with van der Waals surface area (Å²) >= 11 is 0. The molecular formula is C12H15N3O. The Morgan fingerprint density at radius 1 is 1.25 bits per heavy atom. The summed E-state index contributed by atoms with van der Waals surface area (Å²) in [5, 5.41) is 7.01. The minimum Gasteiger partial charge on any atom is -0.337 e. The van der Waals surface area contributed by atoms with Crippen molar-refractivity contribution in [1.82, 2.24) is 10.1 Å². The molecule has 0 aliphatic carbocycles. The van der Waals surface area contributed by atoms with E-state index in [-0.39, 0.29) is 0 Å². The molecule has 0 saturated carbocycles. The van der Waals surface area contributed by atoms with Gasteiger partial charge in [0.25, 0.3) is 0 Å². The smallest absolute Gasteiger partial charge is 0.321 e. The quantitative estimate of drug-likeness (QED) is 0.855. The number of hydrogen-bond acceptors (Lipinski definition) is 4. The first-order valence-corrected chi connectivity index (χ1v) is 5.38. The molecule has 0 unspecified atom stereocenters. The van der Waals surface area contributed by atoms with Gasteiger partial charge >= 0.3 is 6.01 Å². The van der Waals surface area contributed by atoms with E-state index in [9.17, 15) is 0 Å². The van der Waals surface area contributed by atoms with Crippen LogP contribution in [0.2, 0.25) is 0 Å². The minimum atomic E-state index is 0.479. The molecule has 0 bridgehead atoms. The van der Waals surface area contributed by atoms with Gasteiger partial charge in [0, 0.05) is 12.1 Å². The molecule has 0 aliphatic rings. The van der Waals surface area contributed by atoms with Crippen LogP contribution in [0.15, 0.2) is 34.9 Å². The van der Waals surface area contributed by atoms with E-state index in [1.54, 1.807) is 0 Å². The largest absolute Gasteiger partial charge is 0.337 e. The van der Waals surface area contributed by atoms with Crippen molar-refractivity contribution in [2.24, 2.45) is 5.92 Å². The van der Waals surface area contributed by atoms with Gasteiger partial charge in [0.1, 0.15) is 0 Å². The monoisotopic (exact) mass is 217 g/mol. The van der Waals surface area contributed by atoms with E-state index in [0.717, 1.165) is 12.1 Å². The molecule has 0 radical (unpaired) electrons. The Bertz CT molecular complexity index is 437. The van der Waals surface area contributed by atoms with Crippen LogP contribution in [-0.2, 0) is 0 Å². The Balaban J connectivity index is 2.08. The molecule has 4 heteroatoms. The molecule has 1 heterocycles. The highest BCUT2D eigenvalue weighted by Gasteiger charge is 2.07. The molecule has 1 N–H and O–H groups in total. The van der Waals surface area contributed by atoms with Crippen molar-refractivity contribution in [3.05, 3.63) is 30.3 Å². The second-order valence-electron chi connectivity index (χ2n) is 4.06. The van der Waals surface area contributed by atoms with E-state index in [1.165, 1.54) is 0 Å². The van der Waals surface area contributed by atoms with E-state index < -0.39 is 0 Å². The predicted octanol–water partition coefficient (Wildman–Crippen LogP) is 2.80. The first kappa shape index (κ1) is 10.7. The van der Waals surface area contributed by atoms with Gasteiger partial charge in [-0.3, -0.25) is 0 Å². The van der Waals surface area contributed by atoms with Crippen molar-refractivity contribution in [2.45, 2.75) is 13.8 Å².